The van der Waals surface area contributed by atoms with Gasteiger partial charge in [0, 0.05) is 5.54 Å². The highest BCUT2D eigenvalue weighted by molar-refractivity contribution is 4.83. The molecule has 1 nitrogen and oxygen atoms in total. The molecule has 0 atom stereocenters. The molecule has 0 aromatic rings. The Bertz CT molecular complexity index is 104. The predicted molar refractivity (Wildman–Crippen MR) is 68.0 cm³/mol. The van der Waals surface area contributed by atoms with Crippen LogP contribution in [0.25, 0.3) is 0 Å². The summed E-state index contributed by atoms with van der Waals surface area (Å²) < 4.78 is 0. The molecule has 0 rings (SSSR count). The summed E-state index contributed by atoms with van der Waals surface area (Å²) in [4.78, 5) is 0. The van der Waals surface area contributed by atoms with Crippen LogP contribution < -0.4 is 5.73 Å². The highest BCUT2D eigenvalue weighted by Gasteiger charge is 2.22. The molecule has 0 aromatic heterocycles. The Morgan fingerprint density at radius 3 is 1.20 bits per heavy atom. The first kappa shape index (κ1) is 17.3. The van der Waals surface area contributed by atoms with Crippen LogP contribution in [0.1, 0.15) is 78.6 Å². The first-order chi connectivity index (χ1) is 6.68. The predicted octanol–water partition coefficient (Wildman–Crippen LogP) is 4.41. The SMILES string of the molecule is CCCCC(N)(CCCC)CCCC.F. The molecule has 15 heavy (non-hydrogen) atoms. The van der Waals surface area contributed by atoms with E-state index in [1.54, 1.807) is 0 Å². The van der Waals surface area contributed by atoms with Gasteiger partial charge in [-0.2, -0.15) is 0 Å². The zero-order chi connectivity index (χ0) is 10.9. The molecular weight excluding hydrogens is 189 g/mol. The molecule has 0 aliphatic heterocycles. The molecule has 0 saturated carbocycles. The van der Waals surface area contributed by atoms with Crippen LogP contribution in [-0.4, -0.2) is 5.54 Å². The highest BCUT2D eigenvalue weighted by atomic mass is 19.0. The summed E-state index contributed by atoms with van der Waals surface area (Å²) in [7, 11) is 0. The Balaban J connectivity index is 0. The summed E-state index contributed by atoms with van der Waals surface area (Å²) in [6, 6.07) is 0. The fraction of sp³-hybridized carbons (Fsp3) is 1.00. The van der Waals surface area contributed by atoms with Gasteiger partial charge < -0.3 is 5.73 Å². The van der Waals surface area contributed by atoms with Crippen LogP contribution in [0, 0.1) is 0 Å². The smallest absolute Gasteiger partial charge is 0.0154 e. The van der Waals surface area contributed by atoms with Crippen molar-refractivity contribution in [2.24, 2.45) is 5.73 Å². The standard InChI is InChI=1S/C13H29N.FH/c1-4-7-10-13(14,11-8-5-2)12-9-6-3;/h4-12,14H2,1-3H3;1H. The lowest BCUT2D eigenvalue weighted by Crippen LogP contribution is -2.39. The van der Waals surface area contributed by atoms with Crippen molar-refractivity contribution in [1.82, 2.24) is 0 Å². The minimum atomic E-state index is 0. The largest absolute Gasteiger partial charge is 0.325 e. The Morgan fingerprint density at radius 1 is 0.733 bits per heavy atom. The Labute approximate surface area is 95.2 Å². The molecular formula is C13H30FN. The van der Waals surface area contributed by atoms with Crippen molar-refractivity contribution in [3.05, 3.63) is 0 Å². The fourth-order valence-corrected chi connectivity index (χ4v) is 1.96. The minimum Gasteiger partial charge on any atom is -0.325 e. The van der Waals surface area contributed by atoms with E-state index < -0.39 is 0 Å². The lowest BCUT2D eigenvalue weighted by molar-refractivity contribution is 0.313. The Hall–Kier alpha value is -0.110. The molecule has 0 aromatic carbocycles. The summed E-state index contributed by atoms with van der Waals surface area (Å²) in [6.45, 7) is 6.75. The molecule has 0 unspecified atom stereocenters. The monoisotopic (exact) mass is 219 g/mol. The Morgan fingerprint density at radius 2 is 1.00 bits per heavy atom. The molecule has 0 saturated heterocycles. The van der Waals surface area contributed by atoms with E-state index in [2.05, 4.69) is 20.8 Å². The zero-order valence-corrected chi connectivity index (χ0v) is 10.8. The van der Waals surface area contributed by atoms with Crippen molar-refractivity contribution in [1.29, 1.82) is 0 Å². The molecule has 0 aliphatic rings. The van der Waals surface area contributed by atoms with Crippen molar-refractivity contribution in [3.8, 4) is 0 Å². The van der Waals surface area contributed by atoms with Crippen LogP contribution in [0.3, 0.4) is 0 Å². The number of nitrogens with two attached hydrogens (primary N) is 1. The van der Waals surface area contributed by atoms with Crippen LogP contribution >= 0.6 is 0 Å². The first-order valence-corrected chi connectivity index (χ1v) is 6.47. The second-order valence-corrected chi connectivity index (χ2v) is 4.67. The van der Waals surface area contributed by atoms with Gasteiger partial charge in [-0.15, -0.1) is 0 Å². The third-order valence-electron chi connectivity index (χ3n) is 3.08. The molecule has 0 aliphatic carbocycles. The average molecular weight is 219 g/mol. The van der Waals surface area contributed by atoms with Crippen LogP contribution in [0.2, 0.25) is 0 Å². The number of halogens is 1. The normalized spacial score (nSPS) is 11.2. The maximum atomic E-state index is 6.46. The van der Waals surface area contributed by atoms with Gasteiger partial charge >= 0.3 is 0 Å². The summed E-state index contributed by atoms with van der Waals surface area (Å²) >= 11 is 0. The van der Waals surface area contributed by atoms with Crippen LogP contribution in [-0.2, 0) is 0 Å². The van der Waals surface area contributed by atoms with E-state index in [4.69, 9.17) is 5.73 Å². The van der Waals surface area contributed by atoms with E-state index in [-0.39, 0.29) is 10.2 Å². The van der Waals surface area contributed by atoms with Gasteiger partial charge in [0.2, 0.25) is 0 Å². The highest BCUT2D eigenvalue weighted by Crippen LogP contribution is 2.24. The quantitative estimate of drug-likeness (QED) is 0.611. The maximum absolute atomic E-state index is 6.46. The maximum Gasteiger partial charge on any atom is 0.0154 e. The molecule has 0 amide bonds. The van der Waals surface area contributed by atoms with E-state index in [1.807, 2.05) is 0 Å². The zero-order valence-electron chi connectivity index (χ0n) is 10.8. The van der Waals surface area contributed by atoms with Gasteiger partial charge in [0.1, 0.15) is 0 Å². The molecule has 2 heteroatoms. The van der Waals surface area contributed by atoms with Gasteiger partial charge in [0.15, 0.2) is 0 Å². The molecule has 2 N–H and O–H groups in total. The molecule has 0 heterocycles. The summed E-state index contributed by atoms with van der Waals surface area (Å²) in [5, 5.41) is 0. The second kappa shape index (κ2) is 10.4. The van der Waals surface area contributed by atoms with Gasteiger partial charge in [0.05, 0.1) is 0 Å². The van der Waals surface area contributed by atoms with Crippen molar-refractivity contribution < 1.29 is 4.70 Å². The van der Waals surface area contributed by atoms with Crippen molar-refractivity contribution in [2.45, 2.75) is 84.1 Å². The molecule has 94 valence electrons. The molecule has 0 radical (unpaired) electrons. The number of hydrogen-bond donors (Lipinski definition) is 1. The summed E-state index contributed by atoms with van der Waals surface area (Å²) in [5.41, 5.74) is 6.61. The number of unbranched alkanes of at least 4 members (excludes halogenated alkanes) is 3. The van der Waals surface area contributed by atoms with E-state index in [0.717, 1.165) is 0 Å². The lowest BCUT2D eigenvalue weighted by Gasteiger charge is -2.29. The van der Waals surface area contributed by atoms with Crippen molar-refractivity contribution in [2.75, 3.05) is 0 Å². The number of rotatable bonds is 9. The van der Waals surface area contributed by atoms with Gasteiger partial charge in [0.25, 0.3) is 0 Å². The topological polar surface area (TPSA) is 26.0 Å². The van der Waals surface area contributed by atoms with Crippen LogP contribution in [0.15, 0.2) is 0 Å². The van der Waals surface area contributed by atoms with Crippen molar-refractivity contribution >= 4 is 0 Å². The number of hydrogen-bond acceptors (Lipinski definition) is 1. The van der Waals surface area contributed by atoms with Crippen molar-refractivity contribution in [3.63, 3.8) is 0 Å². The molecule has 0 bridgehead atoms. The molecule has 0 spiro atoms. The third-order valence-corrected chi connectivity index (χ3v) is 3.08. The van der Waals surface area contributed by atoms with Gasteiger partial charge in [-0.1, -0.05) is 59.3 Å². The van der Waals surface area contributed by atoms with Crippen LogP contribution in [0.4, 0.5) is 4.70 Å². The Kier molecular flexibility index (Phi) is 12.0. The van der Waals surface area contributed by atoms with E-state index in [0.29, 0.717) is 0 Å². The van der Waals surface area contributed by atoms with Gasteiger partial charge in [-0.3, -0.25) is 4.70 Å². The summed E-state index contributed by atoms with van der Waals surface area (Å²) in [5.74, 6) is 0. The van der Waals surface area contributed by atoms with Crippen LogP contribution in [0.5, 0.6) is 0 Å². The van der Waals surface area contributed by atoms with Gasteiger partial charge in [-0.25, -0.2) is 0 Å². The summed E-state index contributed by atoms with van der Waals surface area (Å²) in [6.07, 6.45) is 11.4. The van der Waals surface area contributed by atoms with E-state index in [1.165, 1.54) is 57.8 Å². The first-order valence-electron chi connectivity index (χ1n) is 6.47. The third kappa shape index (κ3) is 8.86. The van der Waals surface area contributed by atoms with Gasteiger partial charge in [-0.05, 0) is 19.3 Å². The second-order valence-electron chi connectivity index (χ2n) is 4.67. The lowest BCUT2D eigenvalue weighted by atomic mass is 9.84. The van der Waals surface area contributed by atoms with E-state index in [9.17, 15) is 0 Å². The van der Waals surface area contributed by atoms with E-state index >= 15 is 0 Å². The minimum absolute atomic E-state index is 0. The molecule has 0 fully saturated rings. The average Bonchev–Trinajstić information content (AvgIpc) is 2.21. The fourth-order valence-electron chi connectivity index (χ4n) is 1.96.